The Morgan fingerprint density at radius 3 is 2.86 bits per heavy atom. The van der Waals surface area contributed by atoms with Gasteiger partial charge in [0.2, 0.25) is 5.58 Å². The van der Waals surface area contributed by atoms with Crippen LogP contribution in [0.1, 0.15) is 25.3 Å². The minimum Gasteiger partial charge on any atom is -0.453 e. The highest BCUT2D eigenvalue weighted by atomic mass is 16.5. The van der Waals surface area contributed by atoms with Crippen LogP contribution < -0.4 is 10.5 Å². The van der Waals surface area contributed by atoms with E-state index in [1.54, 1.807) is 19.3 Å². The van der Waals surface area contributed by atoms with E-state index in [9.17, 15) is 4.79 Å². The summed E-state index contributed by atoms with van der Waals surface area (Å²) in [5.41, 5.74) is 2.02. The molecule has 0 spiro atoms. The summed E-state index contributed by atoms with van der Waals surface area (Å²) in [7, 11) is 1.62. The van der Waals surface area contributed by atoms with Gasteiger partial charge in [-0.15, -0.1) is 0 Å². The van der Waals surface area contributed by atoms with E-state index in [0.29, 0.717) is 28.6 Å². The first-order valence-corrected chi connectivity index (χ1v) is 6.78. The van der Waals surface area contributed by atoms with Crippen molar-refractivity contribution in [2.45, 2.75) is 19.8 Å². The van der Waals surface area contributed by atoms with Gasteiger partial charge in [0, 0.05) is 19.3 Å². The third-order valence-electron chi connectivity index (χ3n) is 3.38. The van der Waals surface area contributed by atoms with E-state index in [1.807, 2.05) is 18.2 Å². The van der Waals surface area contributed by atoms with Crippen molar-refractivity contribution in [2.24, 2.45) is 7.05 Å². The SMILES string of the molecule is CC(C)c1cccc(Oc2ccnc3c2oc(=O)n3C)c1. The average molecular weight is 284 g/mol. The van der Waals surface area contributed by atoms with Gasteiger partial charge in [0.05, 0.1) is 0 Å². The molecule has 1 aromatic carbocycles. The second-order valence-electron chi connectivity index (χ2n) is 5.22. The van der Waals surface area contributed by atoms with Crippen LogP contribution in [0.2, 0.25) is 0 Å². The molecule has 5 heteroatoms. The molecule has 2 heterocycles. The molecule has 0 atom stereocenters. The molecule has 0 N–H and O–H groups in total. The standard InChI is InChI=1S/C16H16N2O3/c1-10(2)11-5-4-6-12(9-11)20-13-7-8-17-15-14(13)21-16(19)18(15)3/h4-10H,1-3H3. The van der Waals surface area contributed by atoms with Crippen LogP contribution in [0.3, 0.4) is 0 Å². The zero-order valence-corrected chi connectivity index (χ0v) is 12.2. The maximum Gasteiger partial charge on any atom is 0.421 e. The van der Waals surface area contributed by atoms with Gasteiger partial charge in [-0.2, -0.15) is 0 Å². The van der Waals surface area contributed by atoms with Crippen molar-refractivity contribution < 1.29 is 9.15 Å². The molecule has 0 saturated heterocycles. The molecule has 0 radical (unpaired) electrons. The van der Waals surface area contributed by atoms with E-state index >= 15 is 0 Å². The quantitative estimate of drug-likeness (QED) is 0.739. The predicted molar refractivity (Wildman–Crippen MR) is 79.9 cm³/mol. The highest BCUT2D eigenvalue weighted by Crippen LogP contribution is 2.29. The highest BCUT2D eigenvalue weighted by Gasteiger charge is 2.13. The van der Waals surface area contributed by atoms with E-state index in [0.717, 1.165) is 0 Å². The van der Waals surface area contributed by atoms with Crippen molar-refractivity contribution >= 4 is 11.2 Å². The zero-order valence-electron chi connectivity index (χ0n) is 12.2. The van der Waals surface area contributed by atoms with Gasteiger partial charge in [0.1, 0.15) is 5.75 Å². The second kappa shape index (κ2) is 5.09. The summed E-state index contributed by atoms with van der Waals surface area (Å²) in [6.07, 6.45) is 1.60. The number of nitrogens with zero attached hydrogens (tertiary/aromatic N) is 2. The van der Waals surface area contributed by atoms with Crippen molar-refractivity contribution in [3.05, 3.63) is 52.6 Å². The molecule has 0 bridgehead atoms. The van der Waals surface area contributed by atoms with Gasteiger partial charge in [-0.1, -0.05) is 26.0 Å². The van der Waals surface area contributed by atoms with Crippen LogP contribution in [0.5, 0.6) is 11.5 Å². The number of benzene rings is 1. The summed E-state index contributed by atoms with van der Waals surface area (Å²) in [6.45, 7) is 4.25. The van der Waals surface area contributed by atoms with Crippen LogP contribution in [-0.4, -0.2) is 9.55 Å². The molecule has 0 aliphatic heterocycles. The third-order valence-corrected chi connectivity index (χ3v) is 3.38. The van der Waals surface area contributed by atoms with Gasteiger partial charge in [0.15, 0.2) is 11.4 Å². The molecule has 0 amide bonds. The van der Waals surface area contributed by atoms with E-state index in [2.05, 4.69) is 24.9 Å². The van der Waals surface area contributed by atoms with Gasteiger partial charge in [0.25, 0.3) is 0 Å². The van der Waals surface area contributed by atoms with E-state index in [1.165, 1.54) is 10.1 Å². The Balaban J connectivity index is 2.04. The van der Waals surface area contributed by atoms with E-state index < -0.39 is 5.76 Å². The third kappa shape index (κ3) is 2.42. The Labute approximate surface area is 121 Å². The predicted octanol–water partition coefficient (Wildman–Crippen LogP) is 3.44. The summed E-state index contributed by atoms with van der Waals surface area (Å²) in [4.78, 5) is 15.7. The van der Waals surface area contributed by atoms with Crippen LogP contribution in [-0.2, 0) is 7.05 Å². The molecule has 3 rings (SSSR count). The van der Waals surface area contributed by atoms with Gasteiger partial charge in [-0.25, -0.2) is 9.78 Å². The van der Waals surface area contributed by atoms with Crippen LogP contribution in [0.4, 0.5) is 0 Å². The molecule has 21 heavy (non-hydrogen) atoms. The lowest BCUT2D eigenvalue weighted by Gasteiger charge is -2.09. The zero-order chi connectivity index (χ0) is 15.0. The summed E-state index contributed by atoms with van der Waals surface area (Å²) >= 11 is 0. The lowest BCUT2D eigenvalue weighted by Crippen LogP contribution is -2.08. The first-order valence-electron chi connectivity index (χ1n) is 6.78. The molecule has 108 valence electrons. The Morgan fingerprint density at radius 2 is 2.10 bits per heavy atom. The topological polar surface area (TPSA) is 57.3 Å². The minimum absolute atomic E-state index is 0.361. The number of oxazole rings is 1. The van der Waals surface area contributed by atoms with Crippen LogP contribution >= 0.6 is 0 Å². The number of hydrogen-bond acceptors (Lipinski definition) is 4. The fourth-order valence-electron chi connectivity index (χ4n) is 2.14. The fourth-order valence-corrected chi connectivity index (χ4v) is 2.14. The number of rotatable bonds is 3. The average Bonchev–Trinajstić information content (AvgIpc) is 2.76. The van der Waals surface area contributed by atoms with Gasteiger partial charge >= 0.3 is 5.76 Å². The van der Waals surface area contributed by atoms with Gasteiger partial charge < -0.3 is 9.15 Å². The molecule has 5 nitrogen and oxygen atoms in total. The van der Waals surface area contributed by atoms with Crippen molar-refractivity contribution in [3.8, 4) is 11.5 Å². The van der Waals surface area contributed by atoms with Crippen molar-refractivity contribution in [1.82, 2.24) is 9.55 Å². The lowest BCUT2D eigenvalue weighted by molar-refractivity contribution is 0.461. The monoisotopic (exact) mass is 284 g/mol. The molecule has 0 saturated carbocycles. The Bertz CT molecular complexity index is 846. The summed E-state index contributed by atoms with van der Waals surface area (Å²) in [6, 6.07) is 9.55. The molecule has 0 aliphatic rings. The summed E-state index contributed by atoms with van der Waals surface area (Å²) < 4.78 is 12.4. The number of aryl methyl sites for hydroxylation is 1. The van der Waals surface area contributed by atoms with Crippen molar-refractivity contribution in [1.29, 1.82) is 0 Å². The minimum atomic E-state index is -0.454. The fraction of sp³-hybridized carbons (Fsp3) is 0.250. The second-order valence-corrected chi connectivity index (χ2v) is 5.22. The van der Waals surface area contributed by atoms with Crippen LogP contribution in [0, 0.1) is 0 Å². The summed E-state index contributed by atoms with van der Waals surface area (Å²) in [5, 5.41) is 0. The Hall–Kier alpha value is -2.56. The van der Waals surface area contributed by atoms with Gasteiger partial charge in [-0.05, 0) is 23.6 Å². The molecule has 2 aromatic heterocycles. The maximum atomic E-state index is 11.6. The highest BCUT2D eigenvalue weighted by molar-refractivity contribution is 5.75. The smallest absolute Gasteiger partial charge is 0.421 e. The van der Waals surface area contributed by atoms with Crippen LogP contribution in [0.15, 0.2) is 45.7 Å². The molecular formula is C16H16N2O3. The molecule has 0 unspecified atom stereocenters. The largest absolute Gasteiger partial charge is 0.453 e. The van der Waals surface area contributed by atoms with Gasteiger partial charge in [-0.3, -0.25) is 4.57 Å². The van der Waals surface area contributed by atoms with E-state index in [-0.39, 0.29) is 0 Å². The maximum absolute atomic E-state index is 11.6. The first kappa shape index (κ1) is 13.4. The van der Waals surface area contributed by atoms with E-state index in [4.69, 9.17) is 9.15 Å². The molecule has 0 fully saturated rings. The number of aromatic nitrogens is 2. The molecule has 0 aliphatic carbocycles. The lowest BCUT2D eigenvalue weighted by atomic mass is 10.0. The van der Waals surface area contributed by atoms with Crippen molar-refractivity contribution in [2.75, 3.05) is 0 Å². The number of fused-ring (bicyclic) bond motifs is 1. The van der Waals surface area contributed by atoms with Crippen molar-refractivity contribution in [3.63, 3.8) is 0 Å². The normalized spacial score (nSPS) is 11.2. The number of pyridine rings is 1. The van der Waals surface area contributed by atoms with Crippen LogP contribution in [0.25, 0.3) is 11.2 Å². The summed E-state index contributed by atoms with van der Waals surface area (Å²) in [5.74, 6) is 1.16. The number of ether oxygens (including phenoxy) is 1. The number of hydrogen-bond donors (Lipinski definition) is 0. The first-order chi connectivity index (χ1) is 10.1. The Kier molecular flexibility index (Phi) is 3.25. The molecule has 3 aromatic rings. The molecular weight excluding hydrogens is 268 g/mol. The Morgan fingerprint density at radius 1 is 1.29 bits per heavy atom.